The van der Waals surface area contributed by atoms with E-state index < -0.39 is 11.9 Å². The topological polar surface area (TPSA) is 99.0 Å². The molecule has 1 aromatic heterocycles. The van der Waals surface area contributed by atoms with Gasteiger partial charge in [0.1, 0.15) is 22.8 Å². The Labute approximate surface area is 179 Å². The number of ether oxygens (including phenoxy) is 3. The number of anilines is 1. The molecule has 4 rings (SSSR count). The molecule has 0 saturated carbocycles. The molecule has 160 valence electrons. The summed E-state index contributed by atoms with van der Waals surface area (Å²) < 4.78 is 18.2. The van der Waals surface area contributed by atoms with E-state index in [0.717, 1.165) is 5.56 Å². The van der Waals surface area contributed by atoms with Crippen molar-refractivity contribution in [2.45, 2.75) is 12.3 Å². The molecule has 3 aromatic rings. The summed E-state index contributed by atoms with van der Waals surface area (Å²) in [4.78, 5) is 24.6. The van der Waals surface area contributed by atoms with E-state index >= 15 is 0 Å². The molecule has 8 heteroatoms. The normalized spacial score (nSPS) is 15.1. The number of aromatic carboxylic acids is 1. The number of carboxylic acid groups (broad SMARTS) is 1. The fraction of sp³-hybridized carbons (Fsp3) is 0.217. The lowest BCUT2D eigenvalue weighted by Crippen LogP contribution is -2.25. The molecular weight excluding hydrogens is 400 g/mol. The van der Waals surface area contributed by atoms with E-state index in [1.54, 1.807) is 44.1 Å². The van der Waals surface area contributed by atoms with Crippen LogP contribution in [-0.2, 0) is 4.79 Å². The zero-order chi connectivity index (χ0) is 22.1. The summed E-state index contributed by atoms with van der Waals surface area (Å²) >= 11 is 0. The van der Waals surface area contributed by atoms with Gasteiger partial charge < -0.3 is 29.2 Å². The number of fused-ring (bicyclic) bond motifs is 1. The van der Waals surface area contributed by atoms with E-state index in [9.17, 15) is 14.7 Å². The highest BCUT2D eigenvalue weighted by Crippen LogP contribution is 2.45. The van der Waals surface area contributed by atoms with Crippen LogP contribution in [0.4, 0.5) is 5.69 Å². The van der Waals surface area contributed by atoms with Crippen molar-refractivity contribution >= 4 is 17.6 Å². The van der Waals surface area contributed by atoms with Gasteiger partial charge in [-0.2, -0.15) is 0 Å². The summed E-state index contributed by atoms with van der Waals surface area (Å²) in [5.74, 6) is -0.0894. The zero-order valence-electron chi connectivity index (χ0n) is 17.3. The Morgan fingerprint density at radius 3 is 2.48 bits per heavy atom. The number of carboxylic acids is 1. The molecule has 0 spiro atoms. The third kappa shape index (κ3) is 3.46. The third-order valence-electron chi connectivity index (χ3n) is 5.42. The number of benzene rings is 2. The van der Waals surface area contributed by atoms with E-state index in [1.807, 2.05) is 24.3 Å². The van der Waals surface area contributed by atoms with Crippen molar-refractivity contribution in [3.8, 4) is 22.9 Å². The molecule has 0 unspecified atom stereocenters. The van der Waals surface area contributed by atoms with Crippen LogP contribution in [0.2, 0.25) is 0 Å². The first-order valence-corrected chi connectivity index (χ1v) is 9.62. The predicted molar refractivity (Wildman–Crippen MR) is 114 cm³/mol. The van der Waals surface area contributed by atoms with Crippen LogP contribution >= 0.6 is 0 Å². The molecule has 1 amide bonds. The van der Waals surface area contributed by atoms with Gasteiger partial charge in [0.25, 0.3) is 0 Å². The number of nitrogens with zero attached hydrogens (tertiary/aromatic N) is 1. The van der Waals surface area contributed by atoms with E-state index in [-0.39, 0.29) is 23.6 Å². The number of methoxy groups -OCH3 is 3. The van der Waals surface area contributed by atoms with Crippen molar-refractivity contribution in [2.75, 3.05) is 26.6 Å². The van der Waals surface area contributed by atoms with Crippen molar-refractivity contribution in [3.05, 3.63) is 65.5 Å². The first kappa shape index (κ1) is 20.3. The molecular formula is C23H22N2O6. The minimum Gasteiger partial charge on any atom is -0.497 e. The third-order valence-corrected chi connectivity index (χ3v) is 5.42. The molecule has 1 aliphatic heterocycles. The molecule has 0 aliphatic carbocycles. The van der Waals surface area contributed by atoms with Gasteiger partial charge in [0.05, 0.1) is 38.4 Å². The lowest BCUT2D eigenvalue weighted by Gasteiger charge is -2.27. The van der Waals surface area contributed by atoms with Crippen molar-refractivity contribution in [1.82, 2.24) is 4.57 Å². The van der Waals surface area contributed by atoms with Gasteiger partial charge in [0.15, 0.2) is 0 Å². The van der Waals surface area contributed by atoms with Crippen LogP contribution in [0.1, 0.15) is 34.0 Å². The minimum atomic E-state index is -1.14. The Hall–Kier alpha value is -3.94. The van der Waals surface area contributed by atoms with Crippen molar-refractivity contribution in [1.29, 1.82) is 0 Å². The van der Waals surface area contributed by atoms with Gasteiger partial charge in [-0.15, -0.1) is 0 Å². The van der Waals surface area contributed by atoms with Crippen LogP contribution in [0.3, 0.4) is 0 Å². The second-order valence-electron chi connectivity index (χ2n) is 7.06. The SMILES string of the molecule is COc1ccc(OC)c(-n2cc(C(=O)O)c3c2[C@@H](c2ccccc2OC)CC(=O)N3)c1. The van der Waals surface area contributed by atoms with E-state index in [4.69, 9.17) is 14.2 Å². The van der Waals surface area contributed by atoms with Gasteiger partial charge in [-0.05, 0) is 18.2 Å². The Morgan fingerprint density at radius 2 is 1.81 bits per heavy atom. The lowest BCUT2D eigenvalue weighted by atomic mass is 9.87. The molecule has 8 nitrogen and oxygen atoms in total. The summed E-state index contributed by atoms with van der Waals surface area (Å²) in [6, 6.07) is 12.7. The Bertz CT molecular complexity index is 1170. The highest BCUT2D eigenvalue weighted by molar-refractivity contribution is 6.04. The molecule has 0 saturated heterocycles. The molecule has 0 bridgehead atoms. The van der Waals surface area contributed by atoms with Crippen LogP contribution in [-0.4, -0.2) is 42.9 Å². The first-order chi connectivity index (χ1) is 15.0. The van der Waals surface area contributed by atoms with E-state index in [1.165, 1.54) is 6.20 Å². The first-order valence-electron chi connectivity index (χ1n) is 9.62. The fourth-order valence-electron chi connectivity index (χ4n) is 4.03. The monoisotopic (exact) mass is 422 g/mol. The number of para-hydroxylation sites is 1. The number of amides is 1. The Kier molecular flexibility index (Phi) is 5.29. The molecule has 0 fully saturated rings. The molecule has 1 aliphatic rings. The minimum absolute atomic E-state index is 0.00665. The average molecular weight is 422 g/mol. The van der Waals surface area contributed by atoms with Crippen LogP contribution < -0.4 is 19.5 Å². The summed E-state index contributed by atoms with van der Waals surface area (Å²) in [5, 5.41) is 12.6. The standard InChI is InChI=1S/C23H22N2O6/c1-29-13-8-9-19(31-3)17(10-13)25-12-16(23(27)28)21-22(25)15(11-20(26)24-21)14-6-4-5-7-18(14)30-2/h4-10,12,15H,11H2,1-3H3,(H,24,26)(H,27,28)/t15-/m1/s1. The Morgan fingerprint density at radius 1 is 1.06 bits per heavy atom. The molecule has 2 heterocycles. The van der Waals surface area contributed by atoms with E-state index in [0.29, 0.717) is 28.6 Å². The number of nitrogens with one attached hydrogen (secondary N) is 1. The maximum absolute atomic E-state index is 12.6. The van der Waals surface area contributed by atoms with Gasteiger partial charge in [-0.25, -0.2) is 4.79 Å². The predicted octanol–water partition coefficient (Wildman–Crippen LogP) is 3.68. The largest absolute Gasteiger partial charge is 0.497 e. The van der Waals surface area contributed by atoms with Gasteiger partial charge in [-0.3, -0.25) is 4.79 Å². The molecule has 0 radical (unpaired) electrons. The highest BCUT2D eigenvalue weighted by atomic mass is 16.5. The number of hydrogen-bond donors (Lipinski definition) is 2. The number of hydrogen-bond acceptors (Lipinski definition) is 5. The maximum atomic E-state index is 12.6. The van der Waals surface area contributed by atoms with Gasteiger partial charge in [-0.1, -0.05) is 18.2 Å². The number of aromatic nitrogens is 1. The van der Waals surface area contributed by atoms with Gasteiger partial charge >= 0.3 is 5.97 Å². The van der Waals surface area contributed by atoms with Crippen LogP contribution in [0.25, 0.3) is 5.69 Å². The van der Waals surface area contributed by atoms with Crippen molar-refractivity contribution < 1.29 is 28.9 Å². The van der Waals surface area contributed by atoms with Gasteiger partial charge in [0.2, 0.25) is 5.91 Å². The average Bonchev–Trinajstić information content (AvgIpc) is 3.17. The Balaban J connectivity index is 2.03. The summed E-state index contributed by atoms with van der Waals surface area (Å²) in [5.41, 5.74) is 2.28. The summed E-state index contributed by atoms with van der Waals surface area (Å²) in [6.07, 6.45) is 1.64. The van der Waals surface area contributed by atoms with Crippen molar-refractivity contribution in [2.24, 2.45) is 0 Å². The number of carbonyl (C=O) groups is 2. The quantitative estimate of drug-likeness (QED) is 0.629. The lowest BCUT2D eigenvalue weighted by molar-refractivity contribution is -0.116. The van der Waals surface area contributed by atoms with Crippen molar-refractivity contribution in [3.63, 3.8) is 0 Å². The summed E-state index contributed by atoms with van der Waals surface area (Å²) in [7, 11) is 4.66. The van der Waals surface area contributed by atoms with Crippen LogP contribution in [0.15, 0.2) is 48.7 Å². The molecule has 2 N–H and O–H groups in total. The van der Waals surface area contributed by atoms with E-state index in [2.05, 4.69) is 5.32 Å². The molecule has 31 heavy (non-hydrogen) atoms. The maximum Gasteiger partial charge on any atom is 0.339 e. The smallest absolute Gasteiger partial charge is 0.339 e. The van der Waals surface area contributed by atoms with Crippen LogP contribution in [0, 0.1) is 0 Å². The van der Waals surface area contributed by atoms with Gasteiger partial charge in [0, 0.05) is 30.2 Å². The molecule has 1 atom stereocenters. The molecule has 2 aromatic carbocycles. The highest BCUT2D eigenvalue weighted by Gasteiger charge is 2.36. The van der Waals surface area contributed by atoms with Crippen LogP contribution in [0.5, 0.6) is 17.2 Å². The second-order valence-corrected chi connectivity index (χ2v) is 7.06. The summed E-state index contributed by atoms with van der Waals surface area (Å²) in [6.45, 7) is 0. The fourth-order valence-corrected chi connectivity index (χ4v) is 4.03. The number of carbonyl (C=O) groups excluding carboxylic acids is 1. The number of rotatable bonds is 6. The second kappa shape index (κ2) is 8.06. The zero-order valence-corrected chi connectivity index (χ0v) is 17.3.